The summed E-state index contributed by atoms with van der Waals surface area (Å²) in [6, 6.07) is 0. The minimum atomic E-state index is -0.810. The molecule has 0 aliphatic rings. The van der Waals surface area contributed by atoms with Crippen LogP contribution < -0.4 is 0 Å². The lowest BCUT2D eigenvalue weighted by atomic mass is 10.1. The van der Waals surface area contributed by atoms with Gasteiger partial charge in [0.25, 0.3) is 0 Å². The Morgan fingerprint density at radius 3 is 0.793 bits per heavy atom. The van der Waals surface area contributed by atoms with E-state index in [2.05, 4.69) is 167 Å². The third kappa shape index (κ3) is 66.1. The average molecular weight is 1130 g/mol. The fourth-order valence-corrected chi connectivity index (χ4v) is 8.99. The first-order chi connectivity index (χ1) is 40.5. The fourth-order valence-electron chi connectivity index (χ4n) is 8.99. The molecule has 0 saturated carbocycles. The molecule has 0 heterocycles. The minimum absolute atomic E-state index is 0.102. The van der Waals surface area contributed by atoms with E-state index in [1.807, 2.05) is 0 Å². The van der Waals surface area contributed by atoms with Crippen molar-refractivity contribution in [2.24, 2.45) is 0 Å². The van der Waals surface area contributed by atoms with E-state index in [-0.39, 0.29) is 31.1 Å². The summed E-state index contributed by atoms with van der Waals surface area (Å²) >= 11 is 0. The predicted molar refractivity (Wildman–Crippen MR) is 357 cm³/mol. The van der Waals surface area contributed by atoms with Gasteiger partial charge in [-0.1, -0.05) is 276 Å². The molecular weight excluding hydrogens is 1010 g/mol. The van der Waals surface area contributed by atoms with Crippen LogP contribution in [0.2, 0.25) is 0 Å². The van der Waals surface area contributed by atoms with E-state index in [9.17, 15) is 14.4 Å². The van der Waals surface area contributed by atoms with Gasteiger partial charge in [-0.25, -0.2) is 0 Å². The highest BCUT2D eigenvalue weighted by atomic mass is 16.6. The molecule has 464 valence electrons. The Bertz CT molecular complexity index is 1780. The SMILES string of the molecule is CC/C=C\C/C=C\C/C=C\C/C=C\C/C=C\C/C=C\C/C=C\C/C=C\CCCCC(=O)OCC(COC(=O)CCCCCCCCC/C=C\C/C=C\CCCCCC)OC(=O)CCCCCCCCCCC/C=C\C/C=C\CCCCC. The van der Waals surface area contributed by atoms with Crippen molar-refractivity contribution in [3.8, 4) is 0 Å². The van der Waals surface area contributed by atoms with Crippen molar-refractivity contribution in [2.75, 3.05) is 13.2 Å². The normalized spacial score (nSPS) is 13.1. The van der Waals surface area contributed by atoms with Crippen molar-refractivity contribution in [3.63, 3.8) is 0 Å². The number of rotatable bonds is 60. The van der Waals surface area contributed by atoms with Crippen LogP contribution in [0.25, 0.3) is 0 Å². The van der Waals surface area contributed by atoms with Crippen LogP contribution in [-0.4, -0.2) is 37.2 Å². The lowest BCUT2D eigenvalue weighted by Gasteiger charge is -2.18. The highest BCUT2D eigenvalue weighted by molar-refractivity contribution is 5.71. The van der Waals surface area contributed by atoms with E-state index in [1.165, 1.54) is 128 Å². The van der Waals surface area contributed by atoms with E-state index in [0.717, 1.165) is 122 Å². The van der Waals surface area contributed by atoms with Gasteiger partial charge in [-0.05, 0) is 148 Å². The van der Waals surface area contributed by atoms with Crippen LogP contribution in [-0.2, 0) is 28.6 Å². The summed E-state index contributed by atoms with van der Waals surface area (Å²) < 4.78 is 16.9. The van der Waals surface area contributed by atoms with Gasteiger partial charge in [-0.2, -0.15) is 0 Å². The molecule has 6 heteroatoms. The van der Waals surface area contributed by atoms with Crippen molar-refractivity contribution >= 4 is 17.9 Å². The maximum Gasteiger partial charge on any atom is 0.306 e. The van der Waals surface area contributed by atoms with Crippen LogP contribution >= 0.6 is 0 Å². The molecule has 0 N–H and O–H groups in total. The summed E-state index contributed by atoms with van der Waals surface area (Å²) in [6.07, 6.45) is 98.5. The lowest BCUT2D eigenvalue weighted by molar-refractivity contribution is -0.167. The van der Waals surface area contributed by atoms with Gasteiger partial charge in [0.2, 0.25) is 0 Å². The molecule has 0 rings (SSSR count). The van der Waals surface area contributed by atoms with E-state index >= 15 is 0 Å². The Morgan fingerprint density at radius 1 is 0.256 bits per heavy atom. The van der Waals surface area contributed by atoms with Gasteiger partial charge in [-0.15, -0.1) is 0 Å². The molecule has 0 spiro atoms. The monoisotopic (exact) mass is 1130 g/mol. The molecule has 0 aromatic carbocycles. The zero-order valence-corrected chi connectivity index (χ0v) is 53.2. The van der Waals surface area contributed by atoms with Gasteiger partial charge < -0.3 is 14.2 Å². The number of ether oxygens (including phenoxy) is 3. The summed E-state index contributed by atoms with van der Waals surface area (Å²) in [7, 11) is 0. The van der Waals surface area contributed by atoms with Crippen molar-refractivity contribution in [1.82, 2.24) is 0 Å². The molecule has 1 atom stereocenters. The average Bonchev–Trinajstić information content (AvgIpc) is 3.47. The number of allylic oxidation sites excluding steroid dienone is 24. The molecule has 1 unspecified atom stereocenters. The second kappa shape index (κ2) is 68.8. The molecule has 6 nitrogen and oxygen atoms in total. The van der Waals surface area contributed by atoms with Crippen LogP contribution in [0.4, 0.5) is 0 Å². The molecule has 0 amide bonds. The van der Waals surface area contributed by atoms with Gasteiger partial charge in [0.15, 0.2) is 6.10 Å². The molecule has 0 fully saturated rings. The number of unbranched alkanes of at least 4 members (excludes halogenated alkanes) is 25. The van der Waals surface area contributed by atoms with Crippen LogP contribution in [0.3, 0.4) is 0 Å². The first-order valence-electron chi connectivity index (χ1n) is 33.8. The summed E-state index contributed by atoms with van der Waals surface area (Å²) in [6.45, 7) is 6.45. The molecule has 0 aromatic heterocycles. The third-order valence-electron chi connectivity index (χ3n) is 14.0. The molecular formula is C76H124O6. The van der Waals surface area contributed by atoms with Crippen molar-refractivity contribution in [2.45, 2.75) is 303 Å². The second-order valence-corrected chi connectivity index (χ2v) is 22.0. The summed E-state index contributed by atoms with van der Waals surface area (Å²) in [4.78, 5) is 38.4. The van der Waals surface area contributed by atoms with E-state index < -0.39 is 6.10 Å². The maximum absolute atomic E-state index is 12.9. The number of esters is 3. The van der Waals surface area contributed by atoms with Crippen molar-refractivity contribution < 1.29 is 28.6 Å². The molecule has 0 saturated heterocycles. The standard InChI is InChI=1S/C76H124O6/c1-4-7-10-13-16-19-22-25-28-31-34-35-36-37-38-39-40-41-43-45-48-51-54-57-60-63-66-69-75(78)81-72-73(71-80-74(77)68-65-62-59-56-53-50-47-44-33-30-27-24-21-18-15-12-9-6-3)82-76(79)70-67-64-61-58-55-52-49-46-42-32-29-26-23-20-17-14-11-8-5-2/h7,10,16-17,19-21,24-26,28-30,33-35,37-38,40-41,45,48,54,57,73H,4-6,8-9,11-15,18,22-23,27,31-32,36,39,42-44,46-47,49-53,55-56,58-72H2,1-3H3/b10-7-,19-16-,20-17-,24-21-,28-25-,29-26-,33-30-,35-34-,38-37-,41-40-,48-45-,57-54-. The molecule has 82 heavy (non-hydrogen) atoms. The van der Waals surface area contributed by atoms with Crippen LogP contribution in [0, 0.1) is 0 Å². The third-order valence-corrected chi connectivity index (χ3v) is 14.0. The minimum Gasteiger partial charge on any atom is -0.462 e. The van der Waals surface area contributed by atoms with Gasteiger partial charge in [0, 0.05) is 19.3 Å². The lowest BCUT2D eigenvalue weighted by Crippen LogP contribution is -2.30. The molecule has 0 aliphatic heterocycles. The zero-order valence-electron chi connectivity index (χ0n) is 53.2. The van der Waals surface area contributed by atoms with E-state index in [4.69, 9.17) is 14.2 Å². The Kier molecular flexibility index (Phi) is 64.8. The molecule has 0 aromatic rings. The Morgan fingerprint density at radius 2 is 0.476 bits per heavy atom. The summed E-state index contributed by atoms with van der Waals surface area (Å²) in [5, 5.41) is 0. The second-order valence-electron chi connectivity index (χ2n) is 22.0. The van der Waals surface area contributed by atoms with Gasteiger partial charge >= 0.3 is 17.9 Å². The topological polar surface area (TPSA) is 78.9 Å². The van der Waals surface area contributed by atoms with E-state index in [1.54, 1.807) is 0 Å². The van der Waals surface area contributed by atoms with E-state index in [0.29, 0.717) is 25.7 Å². The highest BCUT2D eigenvalue weighted by Crippen LogP contribution is 2.15. The van der Waals surface area contributed by atoms with Gasteiger partial charge in [-0.3, -0.25) is 14.4 Å². The first-order valence-corrected chi connectivity index (χ1v) is 33.8. The smallest absolute Gasteiger partial charge is 0.306 e. The highest BCUT2D eigenvalue weighted by Gasteiger charge is 2.19. The van der Waals surface area contributed by atoms with Crippen molar-refractivity contribution in [3.05, 3.63) is 146 Å². The quantitative estimate of drug-likeness (QED) is 0.0261. The summed E-state index contributed by atoms with van der Waals surface area (Å²) in [5.74, 6) is -0.955. The van der Waals surface area contributed by atoms with Gasteiger partial charge in [0.05, 0.1) is 0 Å². The number of carbonyl (C=O) groups excluding carboxylic acids is 3. The molecule has 0 radical (unpaired) electrons. The van der Waals surface area contributed by atoms with Gasteiger partial charge in [0.1, 0.15) is 13.2 Å². The maximum atomic E-state index is 12.9. The fraction of sp³-hybridized carbons (Fsp3) is 0.645. The number of hydrogen-bond acceptors (Lipinski definition) is 6. The van der Waals surface area contributed by atoms with Crippen LogP contribution in [0.15, 0.2) is 146 Å². The zero-order chi connectivity index (χ0) is 59.2. The first kappa shape index (κ1) is 77.3. The van der Waals surface area contributed by atoms with Crippen molar-refractivity contribution in [1.29, 1.82) is 0 Å². The predicted octanol–water partition coefficient (Wildman–Crippen LogP) is 23.5. The largest absolute Gasteiger partial charge is 0.462 e. The summed E-state index contributed by atoms with van der Waals surface area (Å²) in [5.41, 5.74) is 0. The number of carbonyl (C=O) groups is 3. The Balaban J connectivity index is 4.50. The molecule has 0 bridgehead atoms. The Hall–Kier alpha value is -4.71. The number of hydrogen-bond donors (Lipinski definition) is 0. The van der Waals surface area contributed by atoms with Crippen LogP contribution in [0.1, 0.15) is 297 Å². The molecule has 0 aliphatic carbocycles. The Labute approximate surface area is 506 Å². The van der Waals surface area contributed by atoms with Crippen LogP contribution in [0.5, 0.6) is 0 Å².